The Morgan fingerprint density at radius 3 is 2.31 bits per heavy atom. The second-order valence-corrected chi connectivity index (χ2v) is 11.4. The summed E-state index contributed by atoms with van der Waals surface area (Å²) < 4.78 is 32.0. The number of halogens is 2. The number of esters is 2. The molecule has 4 rings (SSSR count). The predicted octanol–water partition coefficient (Wildman–Crippen LogP) is 6.71. The highest BCUT2D eigenvalue weighted by molar-refractivity contribution is 14.1. The molecule has 5 atom stereocenters. The molecule has 1 unspecified atom stereocenters. The van der Waals surface area contributed by atoms with Gasteiger partial charge in [0, 0.05) is 39.5 Å². The van der Waals surface area contributed by atoms with Gasteiger partial charge < -0.3 is 14.2 Å². The van der Waals surface area contributed by atoms with Gasteiger partial charge in [-0.05, 0) is 76.5 Å². The largest absolute Gasteiger partial charge is 0.458 e. The highest BCUT2D eigenvalue weighted by Gasteiger charge is 2.47. The van der Waals surface area contributed by atoms with E-state index in [2.05, 4.69) is 40.8 Å². The van der Waals surface area contributed by atoms with Crippen molar-refractivity contribution in [2.24, 2.45) is 5.92 Å². The molecule has 1 fully saturated rings. The zero-order chi connectivity index (χ0) is 26.0. The molecule has 0 aliphatic carbocycles. The smallest absolute Gasteiger partial charge is 0.303 e. The van der Waals surface area contributed by atoms with Gasteiger partial charge in [-0.1, -0.05) is 31.2 Å². The standard InChI is InChI=1S/C28H28FIO5S/c1-15-16(2)33-27(28(35-18(4)32)26(15)34-17(3)31)20-7-11-24(30)21(13-20)14-23-10-12-25(36-23)19-5-8-22(29)9-6-19/h5-13,15-16,26-28H,14H2,1-4H3/t15-,16-,26+,27?,28-/m1/s1. The average molecular weight is 622 g/mol. The van der Waals surface area contributed by atoms with E-state index < -0.39 is 30.3 Å². The number of rotatable bonds is 6. The molecule has 36 heavy (non-hydrogen) atoms. The predicted molar refractivity (Wildman–Crippen MR) is 145 cm³/mol. The number of hydrogen-bond acceptors (Lipinski definition) is 6. The maximum absolute atomic E-state index is 13.3. The van der Waals surface area contributed by atoms with Gasteiger partial charge >= 0.3 is 11.9 Å². The minimum Gasteiger partial charge on any atom is -0.458 e. The Kier molecular flexibility index (Phi) is 8.47. The molecular weight excluding hydrogens is 594 g/mol. The highest BCUT2D eigenvalue weighted by Crippen LogP contribution is 2.40. The zero-order valence-electron chi connectivity index (χ0n) is 20.5. The molecule has 1 aliphatic rings. The molecule has 0 bridgehead atoms. The molecule has 3 aromatic rings. The van der Waals surface area contributed by atoms with Crippen molar-refractivity contribution < 1.29 is 28.2 Å². The maximum Gasteiger partial charge on any atom is 0.303 e. The van der Waals surface area contributed by atoms with Gasteiger partial charge in [-0.15, -0.1) is 11.3 Å². The molecular formula is C28H28FIO5S. The first kappa shape index (κ1) is 26.8. The zero-order valence-corrected chi connectivity index (χ0v) is 23.5. The van der Waals surface area contributed by atoms with Gasteiger partial charge in [0.1, 0.15) is 18.0 Å². The molecule has 1 aliphatic heterocycles. The van der Waals surface area contributed by atoms with Crippen LogP contribution in [0.3, 0.4) is 0 Å². The lowest BCUT2D eigenvalue weighted by atomic mass is 9.85. The molecule has 1 aromatic heterocycles. The molecule has 1 saturated heterocycles. The summed E-state index contributed by atoms with van der Waals surface area (Å²) in [4.78, 5) is 26.1. The number of carbonyl (C=O) groups excluding carboxylic acids is 2. The van der Waals surface area contributed by atoms with Crippen molar-refractivity contribution in [2.45, 2.75) is 58.5 Å². The third-order valence-corrected chi connectivity index (χ3v) is 8.59. The first-order chi connectivity index (χ1) is 17.1. The lowest BCUT2D eigenvalue weighted by Gasteiger charge is -2.43. The van der Waals surface area contributed by atoms with Crippen molar-refractivity contribution in [3.05, 3.63) is 80.0 Å². The van der Waals surface area contributed by atoms with Gasteiger partial charge in [0.05, 0.1) is 6.10 Å². The number of thiophene rings is 1. The van der Waals surface area contributed by atoms with Gasteiger partial charge in [0.25, 0.3) is 0 Å². The fourth-order valence-electron chi connectivity index (χ4n) is 4.46. The SMILES string of the molecule is CC(=O)O[C@H]1[C@H](C)[C@@H](C)OC(c2ccc(I)c(Cc3ccc(-c4ccc(F)cc4)s3)c2)[C@@H]1OC(C)=O. The summed E-state index contributed by atoms with van der Waals surface area (Å²) >= 11 is 3.99. The van der Waals surface area contributed by atoms with E-state index in [0.29, 0.717) is 6.42 Å². The first-order valence-electron chi connectivity index (χ1n) is 11.7. The van der Waals surface area contributed by atoms with Gasteiger partial charge in [0.15, 0.2) is 6.10 Å². The Labute approximate surface area is 228 Å². The van der Waals surface area contributed by atoms with E-state index in [0.717, 1.165) is 25.1 Å². The molecule has 190 valence electrons. The summed E-state index contributed by atoms with van der Waals surface area (Å²) in [5, 5.41) is 0. The van der Waals surface area contributed by atoms with Crippen LogP contribution >= 0.6 is 33.9 Å². The van der Waals surface area contributed by atoms with Crippen LogP contribution in [0.1, 0.15) is 49.8 Å². The van der Waals surface area contributed by atoms with Crippen LogP contribution < -0.4 is 0 Å². The van der Waals surface area contributed by atoms with Gasteiger partial charge in [-0.3, -0.25) is 9.59 Å². The van der Waals surface area contributed by atoms with E-state index in [9.17, 15) is 14.0 Å². The summed E-state index contributed by atoms with van der Waals surface area (Å²) in [7, 11) is 0. The van der Waals surface area contributed by atoms with Crippen LogP contribution in [0.25, 0.3) is 10.4 Å². The molecule has 5 nitrogen and oxygen atoms in total. The van der Waals surface area contributed by atoms with E-state index >= 15 is 0 Å². The maximum atomic E-state index is 13.3. The van der Waals surface area contributed by atoms with Crippen LogP contribution in [0.2, 0.25) is 0 Å². The molecule has 0 amide bonds. The lowest BCUT2D eigenvalue weighted by Crippen LogP contribution is -2.52. The van der Waals surface area contributed by atoms with Crippen molar-refractivity contribution in [2.75, 3.05) is 0 Å². The van der Waals surface area contributed by atoms with E-state index in [4.69, 9.17) is 14.2 Å². The number of ether oxygens (including phenoxy) is 3. The average Bonchev–Trinajstić information content (AvgIpc) is 3.28. The van der Waals surface area contributed by atoms with Gasteiger partial charge in [-0.2, -0.15) is 0 Å². The fraction of sp³-hybridized carbons (Fsp3) is 0.357. The third-order valence-electron chi connectivity index (χ3n) is 6.40. The molecule has 0 radical (unpaired) electrons. The Balaban J connectivity index is 1.62. The fourth-order valence-corrected chi connectivity index (χ4v) is 6.03. The van der Waals surface area contributed by atoms with Crippen molar-refractivity contribution in [3.63, 3.8) is 0 Å². The van der Waals surface area contributed by atoms with Crippen LogP contribution in [0.15, 0.2) is 54.6 Å². The van der Waals surface area contributed by atoms with E-state index in [1.165, 1.54) is 30.9 Å². The summed E-state index contributed by atoms with van der Waals surface area (Å²) in [6.45, 7) is 6.57. The number of benzene rings is 2. The molecule has 2 heterocycles. The Hall–Kier alpha value is -2.30. The summed E-state index contributed by atoms with van der Waals surface area (Å²) in [6, 6.07) is 16.7. The van der Waals surface area contributed by atoms with Crippen LogP contribution in [-0.2, 0) is 30.2 Å². The van der Waals surface area contributed by atoms with Gasteiger partial charge in [-0.25, -0.2) is 4.39 Å². The monoisotopic (exact) mass is 622 g/mol. The first-order valence-corrected chi connectivity index (χ1v) is 13.6. The quantitative estimate of drug-likeness (QED) is 0.226. The van der Waals surface area contributed by atoms with Crippen LogP contribution in [0.4, 0.5) is 4.39 Å². The van der Waals surface area contributed by atoms with Crippen molar-refractivity contribution in [3.8, 4) is 10.4 Å². The summed E-state index contributed by atoms with van der Waals surface area (Å²) in [6.07, 6.45) is -1.43. The second kappa shape index (κ2) is 11.4. The van der Waals surface area contributed by atoms with E-state index in [1.807, 2.05) is 26.0 Å². The van der Waals surface area contributed by atoms with Crippen LogP contribution in [0, 0.1) is 15.3 Å². The van der Waals surface area contributed by atoms with E-state index in [-0.39, 0.29) is 17.8 Å². The Morgan fingerprint density at radius 2 is 1.64 bits per heavy atom. The summed E-state index contributed by atoms with van der Waals surface area (Å²) in [5.41, 5.74) is 2.96. The Bertz CT molecular complexity index is 1240. The third kappa shape index (κ3) is 6.15. The van der Waals surface area contributed by atoms with Crippen LogP contribution in [0.5, 0.6) is 0 Å². The summed E-state index contributed by atoms with van der Waals surface area (Å²) in [5.74, 6) is -1.27. The number of hydrogen-bond donors (Lipinski definition) is 0. The van der Waals surface area contributed by atoms with Gasteiger partial charge in [0.2, 0.25) is 0 Å². The minimum absolute atomic E-state index is 0.145. The Morgan fingerprint density at radius 1 is 0.972 bits per heavy atom. The highest BCUT2D eigenvalue weighted by atomic mass is 127. The topological polar surface area (TPSA) is 61.8 Å². The van der Waals surface area contributed by atoms with Crippen LogP contribution in [-0.4, -0.2) is 30.3 Å². The lowest BCUT2D eigenvalue weighted by molar-refractivity contribution is -0.222. The number of carbonyl (C=O) groups is 2. The second-order valence-electron chi connectivity index (χ2n) is 9.07. The molecule has 0 spiro atoms. The normalized spacial score (nSPS) is 23.8. The molecule has 8 heteroatoms. The van der Waals surface area contributed by atoms with Crippen molar-refractivity contribution in [1.82, 2.24) is 0 Å². The minimum atomic E-state index is -0.752. The van der Waals surface area contributed by atoms with Crippen molar-refractivity contribution >= 4 is 45.9 Å². The van der Waals surface area contributed by atoms with E-state index in [1.54, 1.807) is 23.5 Å². The molecule has 0 saturated carbocycles. The van der Waals surface area contributed by atoms with Crippen molar-refractivity contribution in [1.29, 1.82) is 0 Å². The molecule has 2 aromatic carbocycles. The molecule has 0 N–H and O–H groups in total.